The Hall–Kier alpha value is -4.59. The molecule has 1 saturated heterocycles. The van der Waals surface area contributed by atoms with Crippen LogP contribution in [0.25, 0.3) is 11.0 Å². The van der Waals surface area contributed by atoms with Gasteiger partial charge in [-0.05, 0) is 43.2 Å². The first kappa shape index (κ1) is 24.1. The van der Waals surface area contributed by atoms with Crippen LogP contribution in [0.1, 0.15) is 40.0 Å². The molecule has 37 heavy (non-hydrogen) atoms. The Labute approximate surface area is 213 Å². The van der Waals surface area contributed by atoms with Crippen molar-refractivity contribution in [1.29, 1.82) is 0 Å². The number of carbonyl (C=O) groups is 2. The van der Waals surface area contributed by atoms with Crippen LogP contribution >= 0.6 is 0 Å². The number of carbonyl (C=O) groups excluding carboxylic acids is 1. The molecule has 8 heteroatoms. The molecule has 0 saturated carbocycles. The van der Waals surface area contributed by atoms with Gasteiger partial charge in [0.15, 0.2) is 11.3 Å². The van der Waals surface area contributed by atoms with Crippen molar-refractivity contribution in [2.75, 3.05) is 23.3 Å². The lowest BCUT2D eigenvalue weighted by Gasteiger charge is -2.48. The summed E-state index contributed by atoms with van der Waals surface area (Å²) in [4.78, 5) is 39.1. The Morgan fingerprint density at radius 1 is 1.05 bits per heavy atom. The topological polar surface area (TPSA) is 126 Å². The first-order chi connectivity index (χ1) is 17.7. The summed E-state index contributed by atoms with van der Waals surface area (Å²) in [7, 11) is 0. The Kier molecular flexibility index (Phi) is 5.95. The van der Waals surface area contributed by atoms with Gasteiger partial charge in [-0.3, -0.25) is 9.59 Å². The minimum atomic E-state index is -1.03. The van der Waals surface area contributed by atoms with E-state index in [2.05, 4.69) is 5.32 Å². The lowest BCUT2D eigenvalue weighted by molar-refractivity contribution is -0.124. The number of para-hydroxylation sites is 1. The van der Waals surface area contributed by atoms with Crippen molar-refractivity contribution in [3.63, 3.8) is 0 Å². The van der Waals surface area contributed by atoms with Crippen LogP contribution in [0.2, 0.25) is 0 Å². The summed E-state index contributed by atoms with van der Waals surface area (Å²) >= 11 is 0. The molecule has 188 valence electrons. The lowest BCUT2D eigenvalue weighted by atomic mass is 9.73. The average molecular weight is 498 g/mol. The van der Waals surface area contributed by atoms with Crippen LogP contribution in [-0.2, 0) is 10.2 Å². The second-order valence-electron chi connectivity index (χ2n) is 9.56. The summed E-state index contributed by atoms with van der Waals surface area (Å²) in [5, 5.41) is 13.2. The molecule has 8 nitrogen and oxygen atoms in total. The highest BCUT2D eigenvalue weighted by Crippen LogP contribution is 2.39. The van der Waals surface area contributed by atoms with Gasteiger partial charge in [0.1, 0.15) is 11.0 Å². The van der Waals surface area contributed by atoms with E-state index in [0.29, 0.717) is 35.6 Å². The number of anilines is 2. The van der Waals surface area contributed by atoms with Gasteiger partial charge in [0.25, 0.3) is 0 Å². The summed E-state index contributed by atoms with van der Waals surface area (Å²) < 4.78 is 6.30. The van der Waals surface area contributed by atoms with Gasteiger partial charge in [0.05, 0.1) is 17.0 Å². The molecule has 4 aromatic rings. The highest BCUT2D eigenvalue weighted by Gasteiger charge is 2.50. The Balaban J connectivity index is 1.52. The first-order valence-electron chi connectivity index (χ1n) is 12.0. The SMILES string of the molecule is Cc1cc(C(C)Nc2ccccc2C(=O)O)c2oc(N3CC(C(N)=O)(c4ccccc4)C3)cc(=O)c2c1. The third-order valence-corrected chi connectivity index (χ3v) is 7.02. The molecule has 2 heterocycles. The molecule has 1 unspecified atom stereocenters. The number of carboxylic acids is 1. The maximum atomic E-state index is 13.2. The van der Waals surface area contributed by atoms with Crippen molar-refractivity contribution in [3.8, 4) is 0 Å². The smallest absolute Gasteiger partial charge is 0.337 e. The monoisotopic (exact) mass is 497 g/mol. The molecule has 0 radical (unpaired) electrons. The predicted octanol–water partition coefficient (Wildman–Crippen LogP) is 4.22. The van der Waals surface area contributed by atoms with Gasteiger partial charge in [-0.1, -0.05) is 48.5 Å². The molecule has 1 fully saturated rings. The van der Waals surface area contributed by atoms with Crippen LogP contribution < -0.4 is 21.4 Å². The van der Waals surface area contributed by atoms with Crippen LogP contribution in [0.5, 0.6) is 0 Å². The Morgan fingerprint density at radius 2 is 1.73 bits per heavy atom. The number of hydrogen-bond donors (Lipinski definition) is 3. The van der Waals surface area contributed by atoms with Gasteiger partial charge in [0, 0.05) is 30.4 Å². The van der Waals surface area contributed by atoms with Crippen molar-refractivity contribution in [1.82, 2.24) is 0 Å². The number of rotatable bonds is 7. The number of aromatic carboxylic acids is 1. The molecule has 3 aromatic carbocycles. The largest absolute Gasteiger partial charge is 0.478 e. The number of nitrogens with zero attached hydrogens (tertiary/aromatic N) is 1. The molecular weight excluding hydrogens is 470 g/mol. The maximum Gasteiger partial charge on any atom is 0.337 e. The van der Waals surface area contributed by atoms with Crippen LogP contribution in [0, 0.1) is 6.92 Å². The zero-order chi connectivity index (χ0) is 26.3. The quantitative estimate of drug-likeness (QED) is 0.349. The molecule has 1 aliphatic heterocycles. The molecule has 0 aliphatic carbocycles. The van der Waals surface area contributed by atoms with E-state index < -0.39 is 17.3 Å². The predicted molar refractivity (Wildman–Crippen MR) is 142 cm³/mol. The van der Waals surface area contributed by atoms with Crippen LogP contribution in [-0.4, -0.2) is 30.1 Å². The number of aryl methyl sites for hydroxylation is 1. The summed E-state index contributed by atoms with van der Waals surface area (Å²) in [5.41, 5.74) is 8.20. The third-order valence-electron chi connectivity index (χ3n) is 7.02. The number of nitrogens with two attached hydrogens (primary N) is 1. The van der Waals surface area contributed by atoms with Crippen molar-refractivity contribution < 1.29 is 19.1 Å². The average Bonchev–Trinajstić information content (AvgIpc) is 2.84. The van der Waals surface area contributed by atoms with E-state index in [0.717, 1.165) is 16.7 Å². The highest BCUT2D eigenvalue weighted by molar-refractivity contribution is 5.94. The molecule has 1 amide bonds. The molecule has 1 aliphatic rings. The van der Waals surface area contributed by atoms with Crippen molar-refractivity contribution in [2.45, 2.75) is 25.3 Å². The van der Waals surface area contributed by atoms with E-state index in [4.69, 9.17) is 10.2 Å². The summed E-state index contributed by atoms with van der Waals surface area (Å²) in [5.74, 6) is -1.11. The normalized spacial score (nSPS) is 15.1. The molecular formula is C29H27N3O5. The maximum absolute atomic E-state index is 13.2. The fourth-order valence-corrected chi connectivity index (χ4v) is 5.01. The van der Waals surface area contributed by atoms with E-state index >= 15 is 0 Å². The molecule has 0 bridgehead atoms. The second-order valence-corrected chi connectivity index (χ2v) is 9.56. The lowest BCUT2D eigenvalue weighted by Crippen LogP contribution is -2.65. The molecule has 5 rings (SSSR count). The highest BCUT2D eigenvalue weighted by atomic mass is 16.4. The molecule has 1 aromatic heterocycles. The van der Waals surface area contributed by atoms with Crippen molar-refractivity contribution in [3.05, 3.63) is 105 Å². The van der Waals surface area contributed by atoms with E-state index in [9.17, 15) is 19.5 Å². The third kappa shape index (κ3) is 4.20. The molecule has 4 N–H and O–H groups in total. The van der Waals surface area contributed by atoms with Gasteiger partial charge in [-0.15, -0.1) is 0 Å². The number of fused-ring (bicyclic) bond motifs is 1. The Morgan fingerprint density at radius 3 is 2.41 bits per heavy atom. The van der Waals surface area contributed by atoms with E-state index in [1.54, 1.807) is 24.3 Å². The number of amides is 1. The number of primary amides is 1. The summed E-state index contributed by atoms with van der Waals surface area (Å²) in [6.07, 6.45) is 0. The second kappa shape index (κ2) is 9.13. The zero-order valence-corrected chi connectivity index (χ0v) is 20.5. The minimum absolute atomic E-state index is 0.151. The summed E-state index contributed by atoms with van der Waals surface area (Å²) in [6.45, 7) is 4.37. The first-order valence-corrected chi connectivity index (χ1v) is 12.0. The molecule has 0 spiro atoms. The number of hydrogen-bond acceptors (Lipinski definition) is 6. The van der Waals surface area contributed by atoms with Gasteiger partial charge in [-0.25, -0.2) is 4.79 Å². The summed E-state index contributed by atoms with van der Waals surface area (Å²) in [6, 6.07) is 20.8. The van der Waals surface area contributed by atoms with Gasteiger partial charge >= 0.3 is 5.97 Å². The van der Waals surface area contributed by atoms with Crippen molar-refractivity contribution >= 4 is 34.4 Å². The fourth-order valence-electron chi connectivity index (χ4n) is 5.01. The standard InChI is InChI=1S/C29H27N3O5/c1-17-12-21(18(2)31-23-11-7-6-10-20(23)27(34)35)26-22(13-17)24(33)14-25(37-26)32-15-29(16-32,28(30)36)19-8-4-3-5-9-19/h3-14,18,31H,15-16H2,1-2H3,(H2,30,36)(H,34,35). The number of benzene rings is 3. The number of nitrogens with one attached hydrogen (secondary N) is 1. The van der Waals surface area contributed by atoms with Gasteiger partial charge < -0.3 is 25.5 Å². The van der Waals surface area contributed by atoms with Gasteiger partial charge in [-0.2, -0.15) is 0 Å². The van der Waals surface area contributed by atoms with Crippen LogP contribution in [0.15, 0.2) is 82.0 Å². The van der Waals surface area contributed by atoms with Crippen molar-refractivity contribution in [2.24, 2.45) is 5.73 Å². The minimum Gasteiger partial charge on any atom is -0.478 e. The van der Waals surface area contributed by atoms with Gasteiger partial charge in [0.2, 0.25) is 5.91 Å². The Bertz CT molecular complexity index is 1570. The fraction of sp³-hybridized carbons (Fsp3) is 0.207. The van der Waals surface area contributed by atoms with E-state index in [1.165, 1.54) is 12.1 Å². The zero-order valence-electron chi connectivity index (χ0n) is 20.5. The van der Waals surface area contributed by atoms with E-state index in [-0.39, 0.29) is 17.0 Å². The van der Waals surface area contributed by atoms with Crippen LogP contribution in [0.4, 0.5) is 11.6 Å². The van der Waals surface area contributed by atoms with E-state index in [1.807, 2.05) is 55.1 Å². The van der Waals surface area contributed by atoms with Crippen LogP contribution in [0.3, 0.4) is 0 Å². The molecule has 1 atom stereocenters. The number of carboxylic acid groups (broad SMARTS) is 1.